The summed E-state index contributed by atoms with van der Waals surface area (Å²) in [5, 5.41) is 0. The van der Waals surface area contributed by atoms with Crippen LogP contribution in [0.15, 0.2) is 60.8 Å². The summed E-state index contributed by atoms with van der Waals surface area (Å²) in [5.74, 6) is -0.0825. The number of aryl methyl sites for hydroxylation is 1. The van der Waals surface area contributed by atoms with Crippen LogP contribution in [-0.4, -0.2) is 48.7 Å². The topological polar surface area (TPSA) is 85.8 Å². The van der Waals surface area contributed by atoms with Gasteiger partial charge in [0.15, 0.2) is 9.84 Å². The molecule has 0 unspecified atom stereocenters. The van der Waals surface area contributed by atoms with Gasteiger partial charge in [0.25, 0.3) is 0 Å². The van der Waals surface area contributed by atoms with Crippen LogP contribution in [0, 0.1) is 5.82 Å². The third-order valence-corrected chi connectivity index (χ3v) is 8.91. The molecule has 1 spiro atoms. The monoisotopic (exact) mass is 566 g/mol. The van der Waals surface area contributed by atoms with Crippen LogP contribution in [-0.2, 0) is 32.5 Å². The summed E-state index contributed by atoms with van der Waals surface area (Å²) < 4.78 is 52.5. The third-order valence-electron chi connectivity index (χ3n) is 7.40. The van der Waals surface area contributed by atoms with Gasteiger partial charge in [0.2, 0.25) is 0 Å². The molecule has 0 saturated carbocycles. The van der Waals surface area contributed by atoms with E-state index in [1.807, 2.05) is 26.8 Å². The number of amides is 1. The van der Waals surface area contributed by atoms with Gasteiger partial charge in [0, 0.05) is 43.8 Å². The van der Waals surface area contributed by atoms with E-state index in [1.165, 1.54) is 6.07 Å². The number of hydrogen-bond acceptors (Lipinski definition) is 6. The van der Waals surface area contributed by atoms with Crippen molar-refractivity contribution in [3.8, 4) is 16.9 Å². The Morgan fingerprint density at radius 1 is 1.05 bits per heavy atom. The summed E-state index contributed by atoms with van der Waals surface area (Å²) in [4.78, 5) is 18.3. The molecule has 0 N–H and O–H groups in total. The van der Waals surface area contributed by atoms with Crippen LogP contribution in [0.1, 0.15) is 56.9 Å². The lowest BCUT2D eigenvalue weighted by molar-refractivity contribution is -0.0273. The highest BCUT2D eigenvalue weighted by Gasteiger charge is 2.41. The van der Waals surface area contributed by atoms with Crippen LogP contribution in [0.25, 0.3) is 11.1 Å². The molecular formula is C31H35FN2O5S. The molecule has 1 fully saturated rings. The molecule has 0 bridgehead atoms. The summed E-state index contributed by atoms with van der Waals surface area (Å²) >= 11 is 0. The summed E-state index contributed by atoms with van der Waals surface area (Å²) in [6, 6.07) is 15.5. The zero-order chi connectivity index (χ0) is 28.5. The van der Waals surface area contributed by atoms with Crippen molar-refractivity contribution in [3.63, 3.8) is 0 Å². The molecule has 9 heteroatoms. The van der Waals surface area contributed by atoms with Gasteiger partial charge in [0.1, 0.15) is 22.8 Å². The first-order valence-corrected chi connectivity index (χ1v) is 15.4. The van der Waals surface area contributed by atoms with Gasteiger partial charge in [-0.3, -0.25) is 4.98 Å². The van der Waals surface area contributed by atoms with E-state index in [9.17, 15) is 13.2 Å². The minimum atomic E-state index is -3.40. The Morgan fingerprint density at radius 2 is 1.77 bits per heavy atom. The van der Waals surface area contributed by atoms with Crippen LogP contribution >= 0.6 is 0 Å². The van der Waals surface area contributed by atoms with Gasteiger partial charge in [-0.15, -0.1) is 0 Å². The summed E-state index contributed by atoms with van der Waals surface area (Å²) in [6.45, 7) is 6.63. The number of carbonyl (C=O) groups excluding carboxylic acids is 1. The summed E-state index contributed by atoms with van der Waals surface area (Å²) in [6.07, 6.45) is 4.14. The average molecular weight is 567 g/mol. The molecule has 3 heterocycles. The maximum absolute atomic E-state index is 15.3. The number of fused-ring (bicyclic) bond motifs is 1. The number of aromatic nitrogens is 1. The van der Waals surface area contributed by atoms with Crippen molar-refractivity contribution in [1.82, 2.24) is 9.88 Å². The molecule has 2 aliphatic heterocycles. The molecule has 40 heavy (non-hydrogen) atoms. The van der Waals surface area contributed by atoms with Gasteiger partial charge in [0.05, 0.1) is 17.2 Å². The number of nitrogens with zero attached hydrogens (tertiary/aromatic N) is 2. The molecule has 5 rings (SSSR count). The molecule has 1 amide bonds. The maximum atomic E-state index is 15.3. The van der Waals surface area contributed by atoms with Gasteiger partial charge in [-0.2, -0.15) is 0 Å². The minimum absolute atomic E-state index is 0.113. The first kappa shape index (κ1) is 28.1. The molecular weight excluding hydrogens is 531 g/mol. The van der Waals surface area contributed by atoms with Crippen molar-refractivity contribution >= 4 is 15.9 Å². The van der Waals surface area contributed by atoms with Gasteiger partial charge in [-0.05, 0) is 68.5 Å². The molecule has 2 aromatic carbocycles. The number of sulfone groups is 1. The quantitative estimate of drug-likeness (QED) is 0.371. The fourth-order valence-electron chi connectivity index (χ4n) is 5.33. The highest BCUT2D eigenvalue weighted by atomic mass is 32.2. The van der Waals surface area contributed by atoms with E-state index in [4.69, 9.17) is 9.47 Å². The molecule has 3 aromatic rings. The van der Waals surface area contributed by atoms with Gasteiger partial charge >= 0.3 is 6.09 Å². The molecule has 0 radical (unpaired) electrons. The van der Waals surface area contributed by atoms with E-state index in [1.54, 1.807) is 53.6 Å². The Labute approximate surface area is 235 Å². The predicted molar refractivity (Wildman–Crippen MR) is 151 cm³/mol. The molecule has 1 saturated heterocycles. The Morgan fingerprint density at radius 3 is 2.42 bits per heavy atom. The van der Waals surface area contributed by atoms with Crippen molar-refractivity contribution in [2.24, 2.45) is 0 Å². The number of halogens is 1. The largest absolute Gasteiger partial charge is 0.487 e. The first-order valence-electron chi connectivity index (χ1n) is 13.6. The van der Waals surface area contributed by atoms with E-state index >= 15 is 4.39 Å². The van der Waals surface area contributed by atoms with Crippen molar-refractivity contribution in [1.29, 1.82) is 0 Å². The van der Waals surface area contributed by atoms with E-state index in [2.05, 4.69) is 4.98 Å². The van der Waals surface area contributed by atoms with Crippen molar-refractivity contribution in [2.75, 3.05) is 13.1 Å². The van der Waals surface area contributed by atoms with Crippen LogP contribution in [0.5, 0.6) is 5.75 Å². The number of piperidine rings is 1. The van der Waals surface area contributed by atoms with Gasteiger partial charge < -0.3 is 14.4 Å². The normalized spacial score (nSPS) is 16.8. The average Bonchev–Trinajstić information content (AvgIpc) is 2.88. The van der Waals surface area contributed by atoms with Crippen LogP contribution in [0.3, 0.4) is 0 Å². The first-order chi connectivity index (χ1) is 18.9. The lowest BCUT2D eigenvalue weighted by atomic mass is 9.82. The second-order valence-corrected chi connectivity index (χ2v) is 13.8. The molecule has 7 nitrogen and oxygen atoms in total. The van der Waals surface area contributed by atoms with Crippen molar-refractivity contribution < 1.29 is 27.1 Å². The number of benzene rings is 2. The Hall–Kier alpha value is -3.46. The number of pyridine rings is 1. The van der Waals surface area contributed by atoms with E-state index < -0.39 is 26.9 Å². The predicted octanol–water partition coefficient (Wildman–Crippen LogP) is 6.10. The number of likely N-dealkylation sites (tertiary alicyclic amines) is 1. The molecule has 212 valence electrons. The Bertz CT molecular complexity index is 1480. The molecule has 1 aromatic heterocycles. The van der Waals surface area contributed by atoms with Gasteiger partial charge in [-0.25, -0.2) is 17.6 Å². The molecule has 0 aliphatic carbocycles. The number of rotatable bonds is 5. The van der Waals surface area contributed by atoms with Crippen molar-refractivity contribution in [3.05, 3.63) is 83.4 Å². The van der Waals surface area contributed by atoms with Gasteiger partial charge in [-0.1, -0.05) is 30.3 Å². The standard InChI is InChI=1S/C31H35FN2O5S/c1-30(2,3)39-29(35)34-16-13-31(14-17-34)12-11-24-18-26(27(32)19-28(24)38-31)23-9-7-22(8-10-23)20-40(36,37)21-25-6-4-5-15-33-25/h4-10,15,18-19H,11-14,16-17,20-21H2,1-3H3. The summed E-state index contributed by atoms with van der Waals surface area (Å²) in [7, 11) is -3.40. The molecule has 2 aliphatic rings. The van der Waals surface area contributed by atoms with Crippen LogP contribution in [0.4, 0.5) is 9.18 Å². The lowest BCUT2D eigenvalue weighted by Gasteiger charge is -2.44. The van der Waals surface area contributed by atoms with Crippen molar-refractivity contribution in [2.45, 2.75) is 69.2 Å². The second kappa shape index (κ2) is 10.8. The zero-order valence-electron chi connectivity index (χ0n) is 23.2. The van der Waals surface area contributed by atoms with E-state index in [-0.39, 0.29) is 17.6 Å². The van der Waals surface area contributed by atoms with E-state index in [0.29, 0.717) is 54.1 Å². The smallest absolute Gasteiger partial charge is 0.410 e. The van der Waals surface area contributed by atoms with Crippen LogP contribution < -0.4 is 4.74 Å². The lowest BCUT2D eigenvalue weighted by Crippen LogP contribution is -2.52. The van der Waals surface area contributed by atoms with E-state index in [0.717, 1.165) is 18.4 Å². The number of ether oxygens (including phenoxy) is 2. The fraction of sp³-hybridized carbons (Fsp3) is 0.419. The third kappa shape index (κ3) is 6.63. The second-order valence-electron chi connectivity index (χ2n) is 11.7. The SMILES string of the molecule is CC(C)(C)OC(=O)N1CCC2(CCc3cc(-c4ccc(CS(=O)(=O)Cc5ccccn5)cc4)c(F)cc3O2)CC1. The number of carbonyl (C=O) groups is 1. The summed E-state index contributed by atoms with van der Waals surface area (Å²) in [5.41, 5.74) is 2.27. The highest BCUT2D eigenvalue weighted by molar-refractivity contribution is 7.89. The van der Waals surface area contributed by atoms with Crippen LogP contribution in [0.2, 0.25) is 0 Å². The Kier molecular flexibility index (Phi) is 7.61. The molecule has 0 atom stereocenters. The Balaban J connectivity index is 1.24. The number of hydrogen-bond donors (Lipinski definition) is 0. The maximum Gasteiger partial charge on any atom is 0.410 e. The minimum Gasteiger partial charge on any atom is -0.487 e. The highest BCUT2D eigenvalue weighted by Crippen LogP contribution is 2.42. The fourth-order valence-corrected chi connectivity index (χ4v) is 6.75. The zero-order valence-corrected chi connectivity index (χ0v) is 24.0.